The van der Waals surface area contributed by atoms with Crippen molar-refractivity contribution in [3.8, 4) is 5.75 Å². The molecule has 0 aliphatic heterocycles. The smallest absolute Gasteiger partial charge is 0.118 e. The standard InChI is InChI=1S/C17H27NO2/c1-17(2)10-8-14(9-11-17)18-12-16(19)13-4-6-15(20-3)7-5-13/h4-7,14,16,18-19H,8-12H2,1-3H3. The summed E-state index contributed by atoms with van der Waals surface area (Å²) in [4.78, 5) is 0. The molecule has 0 bridgehead atoms. The third kappa shape index (κ3) is 4.22. The molecule has 112 valence electrons. The molecular formula is C17H27NO2. The van der Waals surface area contributed by atoms with Gasteiger partial charge in [0.2, 0.25) is 0 Å². The zero-order valence-electron chi connectivity index (χ0n) is 12.9. The Bertz CT molecular complexity index is 404. The van der Waals surface area contributed by atoms with Crippen LogP contribution in [0.3, 0.4) is 0 Å². The monoisotopic (exact) mass is 277 g/mol. The van der Waals surface area contributed by atoms with Crippen LogP contribution in [0.4, 0.5) is 0 Å². The van der Waals surface area contributed by atoms with Crippen LogP contribution in [0.15, 0.2) is 24.3 Å². The zero-order valence-corrected chi connectivity index (χ0v) is 12.9. The molecule has 0 amide bonds. The van der Waals surface area contributed by atoms with E-state index < -0.39 is 6.10 Å². The molecule has 1 aromatic rings. The lowest BCUT2D eigenvalue weighted by atomic mass is 9.75. The molecule has 20 heavy (non-hydrogen) atoms. The minimum absolute atomic E-state index is 0.448. The Morgan fingerprint density at radius 1 is 1.25 bits per heavy atom. The summed E-state index contributed by atoms with van der Waals surface area (Å²) >= 11 is 0. The molecule has 1 aliphatic carbocycles. The largest absolute Gasteiger partial charge is 0.497 e. The number of methoxy groups -OCH3 is 1. The van der Waals surface area contributed by atoms with E-state index in [0.717, 1.165) is 11.3 Å². The first-order valence-corrected chi connectivity index (χ1v) is 7.55. The van der Waals surface area contributed by atoms with E-state index >= 15 is 0 Å². The summed E-state index contributed by atoms with van der Waals surface area (Å²) in [7, 11) is 1.65. The van der Waals surface area contributed by atoms with E-state index in [1.54, 1.807) is 7.11 Å². The van der Waals surface area contributed by atoms with Gasteiger partial charge in [-0.1, -0.05) is 26.0 Å². The highest BCUT2D eigenvalue weighted by Gasteiger charge is 2.26. The van der Waals surface area contributed by atoms with Crippen molar-refractivity contribution in [2.24, 2.45) is 5.41 Å². The van der Waals surface area contributed by atoms with Crippen LogP contribution >= 0.6 is 0 Å². The number of hydrogen-bond donors (Lipinski definition) is 2. The summed E-state index contributed by atoms with van der Waals surface area (Å²) in [6.07, 6.45) is 4.51. The first-order chi connectivity index (χ1) is 9.50. The fourth-order valence-electron chi connectivity index (χ4n) is 2.83. The summed E-state index contributed by atoms with van der Waals surface area (Å²) in [5.74, 6) is 0.823. The third-order valence-electron chi connectivity index (χ3n) is 4.44. The fourth-order valence-corrected chi connectivity index (χ4v) is 2.83. The van der Waals surface area contributed by atoms with Crippen LogP contribution in [0, 0.1) is 5.41 Å². The SMILES string of the molecule is COc1ccc(C(O)CNC2CCC(C)(C)CC2)cc1. The Morgan fingerprint density at radius 2 is 1.85 bits per heavy atom. The Hall–Kier alpha value is -1.06. The summed E-state index contributed by atoms with van der Waals surface area (Å²) in [6, 6.07) is 8.18. The molecule has 1 atom stereocenters. The van der Waals surface area contributed by atoms with Gasteiger partial charge < -0.3 is 15.2 Å². The summed E-state index contributed by atoms with van der Waals surface area (Å²) in [6.45, 7) is 5.31. The Morgan fingerprint density at radius 3 is 2.40 bits per heavy atom. The van der Waals surface area contributed by atoms with Gasteiger partial charge in [0, 0.05) is 12.6 Å². The predicted octanol–water partition coefficient (Wildman–Crippen LogP) is 3.29. The van der Waals surface area contributed by atoms with Crippen LogP contribution in [0.5, 0.6) is 5.75 Å². The molecule has 3 heteroatoms. The molecule has 0 radical (unpaired) electrons. The van der Waals surface area contributed by atoms with Gasteiger partial charge in [0.15, 0.2) is 0 Å². The van der Waals surface area contributed by atoms with Crippen LogP contribution < -0.4 is 10.1 Å². The maximum absolute atomic E-state index is 10.2. The second-order valence-electron chi connectivity index (χ2n) is 6.64. The average molecular weight is 277 g/mol. The van der Waals surface area contributed by atoms with Gasteiger partial charge >= 0.3 is 0 Å². The first kappa shape index (κ1) is 15.3. The highest BCUT2D eigenvalue weighted by molar-refractivity contribution is 5.28. The number of benzene rings is 1. The van der Waals surface area contributed by atoms with Gasteiger partial charge in [0.25, 0.3) is 0 Å². The van der Waals surface area contributed by atoms with E-state index in [9.17, 15) is 5.11 Å². The van der Waals surface area contributed by atoms with Gasteiger partial charge in [-0.3, -0.25) is 0 Å². The Balaban J connectivity index is 1.78. The fraction of sp³-hybridized carbons (Fsp3) is 0.647. The molecule has 3 nitrogen and oxygen atoms in total. The van der Waals surface area contributed by atoms with Crippen molar-refractivity contribution < 1.29 is 9.84 Å². The van der Waals surface area contributed by atoms with E-state index in [0.29, 0.717) is 18.0 Å². The lowest BCUT2D eigenvalue weighted by molar-refractivity contribution is 0.152. The van der Waals surface area contributed by atoms with Crippen molar-refractivity contribution in [3.05, 3.63) is 29.8 Å². The van der Waals surface area contributed by atoms with E-state index in [1.165, 1.54) is 25.7 Å². The highest BCUT2D eigenvalue weighted by atomic mass is 16.5. The van der Waals surface area contributed by atoms with Crippen molar-refractivity contribution >= 4 is 0 Å². The quantitative estimate of drug-likeness (QED) is 0.868. The number of aliphatic hydroxyl groups is 1. The first-order valence-electron chi connectivity index (χ1n) is 7.55. The lowest BCUT2D eigenvalue weighted by Gasteiger charge is -2.35. The van der Waals surface area contributed by atoms with Crippen LogP contribution in [0.1, 0.15) is 51.2 Å². The minimum atomic E-state index is -0.448. The summed E-state index contributed by atoms with van der Waals surface area (Å²) in [5, 5.41) is 13.7. The van der Waals surface area contributed by atoms with Gasteiger partial charge in [-0.15, -0.1) is 0 Å². The molecular weight excluding hydrogens is 250 g/mol. The maximum atomic E-state index is 10.2. The van der Waals surface area contributed by atoms with Crippen molar-refractivity contribution in [2.75, 3.05) is 13.7 Å². The topological polar surface area (TPSA) is 41.5 Å². The molecule has 2 N–H and O–H groups in total. The highest BCUT2D eigenvalue weighted by Crippen LogP contribution is 2.35. The number of hydrogen-bond acceptors (Lipinski definition) is 3. The molecule has 2 rings (SSSR count). The van der Waals surface area contributed by atoms with E-state index in [2.05, 4.69) is 19.2 Å². The lowest BCUT2D eigenvalue weighted by Crippen LogP contribution is -2.37. The van der Waals surface area contributed by atoms with E-state index in [4.69, 9.17) is 4.74 Å². The van der Waals surface area contributed by atoms with Crippen molar-refractivity contribution in [1.29, 1.82) is 0 Å². The second-order valence-corrected chi connectivity index (χ2v) is 6.64. The molecule has 0 heterocycles. The molecule has 1 fully saturated rings. The predicted molar refractivity (Wildman–Crippen MR) is 82.0 cm³/mol. The number of nitrogens with one attached hydrogen (secondary N) is 1. The number of ether oxygens (including phenoxy) is 1. The van der Waals surface area contributed by atoms with Gasteiger partial charge in [0.1, 0.15) is 5.75 Å². The Kier molecular flexibility index (Phi) is 5.06. The van der Waals surface area contributed by atoms with Gasteiger partial charge in [0.05, 0.1) is 13.2 Å². The molecule has 0 aromatic heterocycles. The van der Waals surface area contributed by atoms with Crippen molar-refractivity contribution in [3.63, 3.8) is 0 Å². The van der Waals surface area contributed by atoms with Gasteiger partial charge in [-0.2, -0.15) is 0 Å². The molecule has 1 saturated carbocycles. The average Bonchev–Trinajstić information content (AvgIpc) is 2.46. The normalized spacial score (nSPS) is 20.6. The van der Waals surface area contributed by atoms with Crippen molar-refractivity contribution in [2.45, 2.75) is 51.7 Å². The van der Waals surface area contributed by atoms with Crippen molar-refractivity contribution in [1.82, 2.24) is 5.32 Å². The van der Waals surface area contributed by atoms with Crippen LogP contribution in [-0.4, -0.2) is 24.8 Å². The molecule has 1 aliphatic rings. The minimum Gasteiger partial charge on any atom is -0.497 e. The third-order valence-corrected chi connectivity index (χ3v) is 4.44. The zero-order chi connectivity index (χ0) is 14.6. The van der Waals surface area contributed by atoms with Crippen LogP contribution in [0.2, 0.25) is 0 Å². The maximum Gasteiger partial charge on any atom is 0.118 e. The molecule has 1 aromatic carbocycles. The van der Waals surface area contributed by atoms with E-state index in [1.807, 2.05) is 24.3 Å². The number of rotatable bonds is 5. The van der Waals surface area contributed by atoms with E-state index in [-0.39, 0.29) is 0 Å². The molecule has 0 spiro atoms. The Labute approximate surface area is 122 Å². The molecule has 1 unspecified atom stereocenters. The summed E-state index contributed by atoms with van der Waals surface area (Å²) in [5.41, 5.74) is 1.43. The van der Waals surface area contributed by atoms with Gasteiger partial charge in [-0.05, 0) is 48.8 Å². The number of aliphatic hydroxyl groups excluding tert-OH is 1. The molecule has 0 saturated heterocycles. The van der Waals surface area contributed by atoms with Crippen LogP contribution in [-0.2, 0) is 0 Å². The van der Waals surface area contributed by atoms with Crippen LogP contribution in [0.25, 0.3) is 0 Å². The second kappa shape index (κ2) is 6.59. The van der Waals surface area contributed by atoms with Gasteiger partial charge in [-0.25, -0.2) is 0 Å². The summed E-state index contributed by atoms with van der Waals surface area (Å²) < 4.78 is 5.13.